The molecule has 0 amide bonds. The molecule has 6 heteroatoms. The van der Waals surface area contributed by atoms with Gasteiger partial charge < -0.3 is 20.4 Å². The smallest absolute Gasteiger partial charge is 0.309 e. The first-order chi connectivity index (χ1) is 9.53. The van der Waals surface area contributed by atoms with Gasteiger partial charge in [-0.1, -0.05) is 6.08 Å². The summed E-state index contributed by atoms with van der Waals surface area (Å²) < 4.78 is 0. The molecule has 4 unspecified atom stereocenters. The number of hydrogen-bond acceptors (Lipinski definition) is 5. The van der Waals surface area contributed by atoms with E-state index in [2.05, 4.69) is 0 Å². The van der Waals surface area contributed by atoms with E-state index in [0.29, 0.717) is 12.0 Å². The van der Waals surface area contributed by atoms with Crippen LogP contribution >= 0.6 is 0 Å². The predicted octanol–water partition coefficient (Wildman–Crippen LogP) is 0.105. The van der Waals surface area contributed by atoms with Gasteiger partial charge in [0.1, 0.15) is 5.60 Å². The quantitative estimate of drug-likeness (QED) is 0.575. The summed E-state index contributed by atoms with van der Waals surface area (Å²) in [7, 11) is 0. The van der Waals surface area contributed by atoms with Crippen LogP contribution in [0.15, 0.2) is 11.6 Å². The van der Waals surface area contributed by atoms with E-state index in [1.54, 1.807) is 13.0 Å². The number of Topliss-reactive ketones (excluding diaryl/α,β-unsaturated/α-hetero) is 1. The molecule has 0 aliphatic heterocycles. The van der Waals surface area contributed by atoms with Crippen LogP contribution in [0.5, 0.6) is 0 Å². The Bertz CT molecular complexity index is 508. The Labute approximate surface area is 123 Å². The van der Waals surface area contributed by atoms with Gasteiger partial charge in [0.25, 0.3) is 0 Å². The van der Waals surface area contributed by atoms with E-state index in [1.165, 1.54) is 13.8 Å². The van der Waals surface area contributed by atoms with Crippen LogP contribution in [0.1, 0.15) is 33.6 Å². The van der Waals surface area contributed by atoms with Gasteiger partial charge >= 0.3 is 5.97 Å². The monoisotopic (exact) mass is 298 g/mol. The number of carboxylic acid groups (broad SMARTS) is 1. The Morgan fingerprint density at radius 2 is 2.00 bits per heavy atom. The Kier molecular flexibility index (Phi) is 3.76. The molecule has 1 fully saturated rings. The van der Waals surface area contributed by atoms with Gasteiger partial charge in [0.05, 0.1) is 23.5 Å². The maximum Gasteiger partial charge on any atom is 0.309 e. The number of carboxylic acids is 1. The van der Waals surface area contributed by atoms with Crippen LogP contribution in [0.4, 0.5) is 0 Å². The lowest BCUT2D eigenvalue weighted by Gasteiger charge is -2.55. The molecule has 0 spiro atoms. The van der Waals surface area contributed by atoms with Gasteiger partial charge in [-0.3, -0.25) is 9.59 Å². The first-order valence-electron chi connectivity index (χ1n) is 7.10. The average molecular weight is 298 g/mol. The van der Waals surface area contributed by atoms with Crippen LogP contribution in [-0.2, 0) is 9.59 Å². The molecule has 0 heterocycles. The molecule has 21 heavy (non-hydrogen) atoms. The minimum Gasteiger partial charge on any atom is -0.481 e. The Balaban J connectivity index is 2.58. The van der Waals surface area contributed by atoms with Crippen molar-refractivity contribution in [3.8, 4) is 0 Å². The highest BCUT2D eigenvalue weighted by Crippen LogP contribution is 2.51. The van der Waals surface area contributed by atoms with Crippen LogP contribution in [-0.4, -0.2) is 49.5 Å². The van der Waals surface area contributed by atoms with E-state index >= 15 is 0 Å². The summed E-state index contributed by atoms with van der Waals surface area (Å²) in [6.45, 7) is 4.39. The van der Waals surface area contributed by atoms with E-state index in [0.717, 1.165) is 0 Å². The van der Waals surface area contributed by atoms with Crippen molar-refractivity contribution in [1.82, 2.24) is 0 Å². The molecule has 0 bridgehead atoms. The Hall–Kier alpha value is -1.24. The third-order valence-electron chi connectivity index (χ3n) is 5.25. The van der Waals surface area contributed by atoms with Gasteiger partial charge in [0.2, 0.25) is 0 Å². The summed E-state index contributed by atoms with van der Waals surface area (Å²) in [6.07, 6.45) is 0.426. The van der Waals surface area contributed by atoms with E-state index < -0.39 is 46.8 Å². The molecule has 0 aromatic rings. The van der Waals surface area contributed by atoms with Gasteiger partial charge in [-0.2, -0.15) is 0 Å². The van der Waals surface area contributed by atoms with E-state index in [4.69, 9.17) is 0 Å². The number of aliphatic carboxylic acids is 1. The Morgan fingerprint density at radius 1 is 1.43 bits per heavy atom. The molecular formula is C15H22O6. The van der Waals surface area contributed by atoms with Crippen LogP contribution < -0.4 is 0 Å². The molecule has 2 aliphatic rings. The summed E-state index contributed by atoms with van der Waals surface area (Å²) in [5.74, 6) is -4.72. The van der Waals surface area contributed by atoms with Crippen LogP contribution in [0.3, 0.4) is 0 Å². The zero-order valence-corrected chi connectivity index (χ0v) is 12.4. The van der Waals surface area contributed by atoms with Crippen molar-refractivity contribution in [3.63, 3.8) is 0 Å². The fraction of sp³-hybridized carbons (Fsp3) is 0.733. The van der Waals surface area contributed by atoms with Gasteiger partial charge in [0, 0.05) is 12.3 Å². The number of rotatable bonds is 2. The average Bonchev–Trinajstić information content (AvgIpc) is 2.37. The fourth-order valence-corrected chi connectivity index (χ4v) is 3.78. The van der Waals surface area contributed by atoms with Gasteiger partial charge in [0.15, 0.2) is 5.78 Å². The second-order valence-electron chi connectivity index (χ2n) is 6.60. The maximum atomic E-state index is 12.5. The molecule has 6 atom stereocenters. The molecular weight excluding hydrogens is 276 g/mol. The molecule has 0 aromatic heterocycles. The molecule has 0 aromatic carbocycles. The van der Waals surface area contributed by atoms with Gasteiger partial charge in [-0.05, 0) is 32.8 Å². The summed E-state index contributed by atoms with van der Waals surface area (Å²) in [4.78, 5) is 23.8. The lowest BCUT2D eigenvalue weighted by atomic mass is 9.53. The second-order valence-corrected chi connectivity index (χ2v) is 6.60. The number of hydrogen-bond donors (Lipinski definition) is 4. The minimum absolute atomic E-state index is 0.164. The molecule has 4 N–H and O–H groups in total. The number of carbonyl (C=O) groups is 2. The molecule has 6 nitrogen and oxygen atoms in total. The van der Waals surface area contributed by atoms with Crippen molar-refractivity contribution in [2.75, 3.05) is 0 Å². The number of carbonyl (C=O) groups excluding carboxylic acids is 1. The van der Waals surface area contributed by atoms with Crippen molar-refractivity contribution < 1.29 is 30.0 Å². The number of fused-ring (bicyclic) bond motifs is 1. The highest BCUT2D eigenvalue weighted by Gasteiger charge is 2.63. The van der Waals surface area contributed by atoms with Crippen molar-refractivity contribution in [2.45, 2.75) is 50.9 Å². The largest absolute Gasteiger partial charge is 0.481 e. The van der Waals surface area contributed by atoms with Crippen molar-refractivity contribution in [1.29, 1.82) is 0 Å². The maximum absolute atomic E-state index is 12.5. The van der Waals surface area contributed by atoms with Crippen molar-refractivity contribution >= 4 is 11.8 Å². The zero-order valence-electron chi connectivity index (χ0n) is 12.4. The number of aliphatic hydroxyl groups is 3. The fourth-order valence-electron chi connectivity index (χ4n) is 3.78. The molecule has 0 saturated heterocycles. The van der Waals surface area contributed by atoms with Crippen molar-refractivity contribution in [2.24, 2.45) is 17.8 Å². The molecule has 0 radical (unpaired) electrons. The zero-order chi connectivity index (χ0) is 16.2. The summed E-state index contributed by atoms with van der Waals surface area (Å²) >= 11 is 0. The Morgan fingerprint density at radius 3 is 2.52 bits per heavy atom. The standard InChI is InChI=1S/C15H22O6/c1-7-4-5-9-11(12(7)17)15(21,8(2)13(18)19)10(16)6-14(9,3)20/h4,8-11,16,20-21H,5-6H2,1-3H3,(H,18,19)/t8?,9-,10?,11?,14-,15?/m1/s1. The van der Waals surface area contributed by atoms with Gasteiger partial charge in [-0.25, -0.2) is 0 Å². The van der Waals surface area contributed by atoms with Gasteiger partial charge in [-0.15, -0.1) is 0 Å². The number of ketones is 1. The van der Waals surface area contributed by atoms with Crippen LogP contribution in [0, 0.1) is 17.8 Å². The SMILES string of the molecule is CC1=CC[C@@H]2C(C1=O)C(O)(C(C)C(=O)O)C(O)C[C@@]2(C)O. The molecule has 2 rings (SSSR count). The first-order valence-corrected chi connectivity index (χ1v) is 7.10. The van der Waals surface area contributed by atoms with Crippen LogP contribution in [0.2, 0.25) is 0 Å². The predicted molar refractivity (Wildman–Crippen MR) is 73.4 cm³/mol. The third-order valence-corrected chi connectivity index (χ3v) is 5.25. The highest BCUT2D eigenvalue weighted by molar-refractivity contribution is 5.99. The normalized spacial score (nSPS) is 44.8. The molecule has 118 valence electrons. The topological polar surface area (TPSA) is 115 Å². The van der Waals surface area contributed by atoms with Crippen LogP contribution in [0.25, 0.3) is 0 Å². The molecule has 2 aliphatic carbocycles. The minimum atomic E-state index is -2.08. The lowest BCUT2D eigenvalue weighted by molar-refractivity contribution is -0.231. The number of allylic oxidation sites excluding steroid dienone is 2. The summed E-state index contributed by atoms with van der Waals surface area (Å²) in [5, 5.41) is 40.9. The highest BCUT2D eigenvalue weighted by atomic mass is 16.4. The lowest BCUT2D eigenvalue weighted by Crippen LogP contribution is -2.68. The van der Waals surface area contributed by atoms with E-state index in [9.17, 15) is 30.0 Å². The number of aliphatic hydroxyl groups excluding tert-OH is 1. The second kappa shape index (κ2) is 4.90. The van der Waals surface area contributed by atoms with E-state index in [1.807, 2.05) is 0 Å². The summed E-state index contributed by atoms with van der Waals surface area (Å²) in [5.41, 5.74) is -2.98. The third kappa shape index (κ3) is 2.22. The van der Waals surface area contributed by atoms with Crippen molar-refractivity contribution in [3.05, 3.63) is 11.6 Å². The molecule has 1 saturated carbocycles. The summed E-state index contributed by atoms with van der Waals surface area (Å²) in [6, 6.07) is 0. The first kappa shape index (κ1) is 16.1. The van der Waals surface area contributed by atoms with E-state index in [-0.39, 0.29) is 6.42 Å².